The van der Waals surface area contributed by atoms with E-state index in [1.807, 2.05) is 6.92 Å². The summed E-state index contributed by atoms with van der Waals surface area (Å²) in [5.74, 6) is -0.0749. The molecule has 7 heteroatoms. The van der Waals surface area contributed by atoms with Gasteiger partial charge in [-0.2, -0.15) is 0 Å². The molecule has 0 saturated carbocycles. The predicted molar refractivity (Wildman–Crippen MR) is 73.1 cm³/mol. The summed E-state index contributed by atoms with van der Waals surface area (Å²) in [6.07, 6.45) is 0. The molecule has 0 amide bonds. The van der Waals surface area contributed by atoms with E-state index in [0.29, 0.717) is 17.3 Å². The third-order valence-corrected chi connectivity index (χ3v) is 4.38. The minimum absolute atomic E-state index is 0.0749. The van der Waals surface area contributed by atoms with Crippen molar-refractivity contribution in [3.05, 3.63) is 27.7 Å². The van der Waals surface area contributed by atoms with Crippen LogP contribution in [0.25, 0.3) is 0 Å². The van der Waals surface area contributed by atoms with Gasteiger partial charge in [-0.15, -0.1) is 0 Å². The van der Waals surface area contributed by atoms with E-state index in [4.69, 9.17) is 16.3 Å². The molecule has 0 radical (unpaired) electrons. The summed E-state index contributed by atoms with van der Waals surface area (Å²) in [6.45, 7) is 2.49. The van der Waals surface area contributed by atoms with Crippen LogP contribution in [0.4, 0.5) is 5.69 Å². The van der Waals surface area contributed by atoms with Gasteiger partial charge in [0.1, 0.15) is 0 Å². The van der Waals surface area contributed by atoms with Crippen LogP contribution in [-0.4, -0.2) is 27.4 Å². The summed E-state index contributed by atoms with van der Waals surface area (Å²) < 4.78 is 31.4. The molecule has 17 heavy (non-hydrogen) atoms. The largest absolute Gasteiger partial charge is 0.381 e. The lowest BCUT2D eigenvalue weighted by Crippen LogP contribution is -2.20. The van der Waals surface area contributed by atoms with Gasteiger partial charge in [-0.3, -0.25) is 4.72 Å². The smallest absolute Gasteiger partial charge is 0.235 e. The van der Waals surface area contributed by atoms with Crippen LogP contribution in [0.2, 0.25) is 5.02 Å². The minimum Gasteiger partial charge on any atom is -0.381 e. The van der Waals surface area contributed by atoms with Crippen molar-refractivity contribution in [1.29, 1.82) is 0 Å². The molecule has 0 fully saturated rings. The van der Waals surface area contributed by atoms with Crippen LogP contribution in [0, 0.1) is 0 Å². The van der Waals surface area contributed by atoms with Crippen molar-refractivity contribution in [3.63, 3.8) is 0 Å². The topological polar surface area (TPSA) is 55.4 Å². The predicted octanol–water partition coefficient (Wildman–Crippen LogP) is 2.88. The van der Waals surface area contributed by atoms with E-state index in [1.54, 1.807) is 18.2 Å². The van der Waals surface area contributed by atoms with Crippen molar-refractivity contribution < 1.29 is 13.2 Å². The fraction of sp³-hybridized carbons (Fsp3) is 0.400. The van der Waals surface area contributed by atoms with Crippen molar-refractivity contribution in [3.8, 4) is 0 Å². The molecule has 0 saturated heterocycles. The van der Waals surface area contributed by atoms with Gasteiger partial charge in [-0.05, 0) is 41.1 Å². The third-order valence-electron chi connectivity index (χ3n) is 1.89. The van der Waals surface area contributed by atoms with Crippen molar-refractivity contribution in [2.75, 3.05) is 23.7 Å². The van der Waals surface area contributed by atoms with Crippen LogP contribution >= 0.6 is 27.5 Å². The molecule has 1 aromatic carbocycles. The lowest BCUT2D eigenvalue weighted by molar-refractivity contribution is 0.163. The molecule has 1 aromatic rings. The Morgan fingerprint density at radius 1 is 1.47 bits per heavy atom. The first-order chi connectivity index (χ1) is 7.94. The molecule has 0 bridgehead atoms. The zero-order chi connectivity index (χ0) is 12.9. The van der Waals surface area contributed by atoms with Crippen molar-refractivity contribution in [2.24, 2.45) is 0 Å². The fourth-order valence-electron chi connectivity index (χ4n) is 1.10. The molecule has 1 N–H and O–H groups in total. The Balaban J connectivity index is 2.66. The Hall–Kier alpha value is -0.300. The second-order valence-corrected chi connectivity index (χ2v) is 6.35. The summed E-state index contributed by atoms with van der Waals surface area (Å²) in [4.78, 5) is 0. The number of hydrogen-bond acceptors (Lipinski definition) is 3. The monoisotopic (exact) mass is 341 g/mol. The molecule has 1 rings (SSSR count). The van der Waals surface area contributed by atoms with Gasteiger partial charge in [0.05, 0.1) is 23.1 Å². The standard InChI is InChI=1S/C10H13BrClNO3S/c1-2-16-5-6-17(14,15)13-8-3-4-9(11)10(12)7-8/h3-4,7,13H,2,5-6H2,1H3. The summed E-state index contributed by atoms with van der Waals surface area (Å²) >= 11 is 9.09. The molecule has 0 aliphatic heterocycles. The number of sulfonamides is 1. The van der Waals surface area contributed by atoms with Crippen molar-refractivity contribution >= 4 is 43.2 Å². The number of nitrogens with one attached hydrogen (secondary N) is 1. The zero-order valence-corrected chi connectivity index (χ0v) is 12.4. The summed E-state index contributed by atoms with van der Waals surface area (Å²) in [6, 6.07) is 4.86. The van der Waals surface area contributed by atoms with Crippen LogP contribution in [0.5, 0.6) is 0 Å². The molecule has 96 valence electrons. The van der Waals surface area contributed by atoms with Gasteiger partial charge < -0.3 is 4.74 Å². The minimum atomic E-state index is -3.39. The van der Waals surface area contributed by atoms with Gasteiger partial charge >= 0.3 is 0 Å². The second-order valence-electron chi connectivity index (χ2n) is 3.25. The Morgan fingerprint density at radius 3 is 2.76 bits per heavy atom. The third kappa shape index (κ3) is 5.25. The molecule has 0 unspecified atom stereocenters. The Bertz CT molecular complexity index is 478. The zero-order valence-electron chi connectivity index (χ0n) is 9.24. The molecule has 0 aromatic heterocycles. The molecule has 4 nitrogen and oxygen atoms in total. The van der Waals surface area contributed by atoms with E-state index < -0.39 is 10.0 Å². The van der Waals surface area contributed by atoms with Gasteiger partial charge in [-0.1, -0.05) is 11.6 Å². The van der Waals surface area contributed by atoms with Crippen molar-refractivity contribution in [2.45, 2.75) is 6.92 Å². The average molecular weight is 343 g/mol. The van der Waals surface area contributed by atoms with E-state index >= 15 is 0 Å². The number of rotatable bonds is 6. The number of hydrogen-bond donors (Lipinski definition) is 1. The fourth-order valence-corrected chi connectivity index (χ4v) is 2.46. The molecule has 0 spiro atoms. The van der Waals surface area contributed by atoms with Gasteiger partial charge in [0.2, 0.25) is 10.0 Å². The van der Waals surface area contributed by atoms with E-state index in [9.17, 15) is 8.42 Å². The van der Waals surface area contributed by atoms with Gasteiger partial charge in [-0.25, -0.2) is 8.42 Å². The maximum absolute atomic E-state index is 11.6. The van der Waals surface area contributed by atoms with Crippen LogP contribution in [0.1, 0.15) is 6.92 Å². The number of halogens is 2. The van der Waals surface area contributed by atoms with Crippen LogP contribution < -0.4 is 4.72 Å². The van der Waals surface area contributed by atoms with Crippen LogP contribution in [0.3, 0.4) is 0 Å². The number of anilines is 1. The first kappa shape index (κ1) is 14.8. The van der Waals surface area contributed by atoms with Crippen LogP contribution in [-0.2, 0) is 14.8 Å². The molecule has 0 aliphatic rings. The van der Waals surface area contributed by atoms with Gasteiger partial charge in [0.25, 0.3) is 0 Å². The van der Waals surface area contributed by atoms with E-state index in [0.717, 1.165) is 4.47 Å². The summed E-state index contributed by atoms with van der Waals surface area (Å²) in [5.41, 5.74) is 0.440. The molecule has 0 atom stereocenters. The highest BCUT2D eigenvalue weighted by Gasteiger charge is 2.10. The molecule has 0 aliphatic carbocycles. The highest BCUT2D eigenvalue weighted by molar-refractivity contribution is 9.10. The highest BCUT2D eigenvalue weighted by Crippen LogP contribution is 2.25. The molecular formula is C10H13BrClNO3S. The lowest BCUT2D eigenvalue weighted by atomic mass is 10.3. The van der Waals surface area contributed by atoms with Gasteiger partial charge in [0.15, 0.2) is 0 Å². The summed E-state index contributed by atoms with van der Waals surface area (Å²) in [5, 5.41) is 0.454. The highest BCUT2D eigenvalue weighted by atomic mass is 79.9. The van der Waals surface area contributed by atoms with Crippen LogP contribution in [0.15, 0.2) is 22.7 Å². The van der Waals surface area contributed by atoms with E-state index in [-0.39, 0.29) is 12.4 Å². The van der Waals surface area contributed by atoms with E-state index in [2.05, 4.69) is 20.7 Å². The first-order valence-electron chi connectivity index (χ1n) is 4.98. The Labute approximate surface area is 114 Å². The number of ether oxygens (including phenoxy) is 1. The SMILES string of the molecule is CCOCCS(=O)(=O)Nc1ccc(Br)c(Cl)c1. The Morgan fingerprint density at radius 2 is 2.18 bits per heavy atom. The maximum atomic E-state index is 11.6. The molecular weight excluding hydrogens is 330 g/mol. The quantitative estimate of drug-likeness (QED) is 0.809. The van der Waals surface area contributed by atoms with Crippen molar-refractivity contribution in [1.82, 2.24) is 0 Å². The Kier molecular flexibility index (Phi) is 5.72. The normalized spacial score (nSPS) is 11.5. The van der Waals surface area contributed by atoms with Gasteiger partial charge in [0, 0.05) is 11.1 Å². The maximum Gasteiger partial charge on any atom is 0.235 e. The van der Waals surface area contributed by atoms with E-state index in [1.165, 1.54) is 0 Å². The average Bonchev–Trinajstić information content (AvgIpc) is 2.23. The second kappa shape index (κ2) is 6.58. The summed E-state index contributed by atoms with van der Waals surface area (Å²) in [7, 11) is -3.39. The molecule has 0 heterocycles. The number of benzene rings is 1. The first-order valence-corrected chi connectivity index (χ1v) is 7.80. The lowest BCUT2D eigenvalue weighted by Gasteiger charge is -2.08.